The SMILES string of the molecule is C#CC(CC)(CC)NC(=O)CSc1nnc(-c2ccc(N(CC)CC)cc2)o1. The van der Waals surface area contributed by atoms with E-state index in [-0.39, 0.29) is 11.7 Å². The minimum absolute atomic E-state index is 0.144. The quantitative estimate of drug-likeness (QED) is 0.480. The number of benzene rings is 1. The van der Waals surface area contributed by atoms with E-state index in [1.165, 1.54) is 11.8 Å². The number of nitrogens with one attached hydrogen (secondary N) is 1. The van der Waals surface area contributed by atoms with Crippen LogP contribution in [0.5, 0.6) is 0 Å². The number of hydrogen-bond acceptors (Lipinski definition) is 6. The number of nitrogens with zero attached hydrogens (tertiary/aromatic N) is 3. The maximum absolute atomic E-state index is 12.2. The molecule has 0 unspecified atom stereocenters. The van der Waals surface area contributed by atoms with Gasteiger partial charge in [-0.3, -0.25) is 4.79 Å². The van der Waals surface area contributed by atoms with Crippen LogP contribution in [-0.2, 0) is 4.79 Å². The van der Waals surface area contributed by atoms with Crippen LogP contribution in [0.2, 0.25) is 0 Å². The van der Waals surface area contributed by atoms with Gasteiger partial charge in [0.05, 0.1) is 5.75 Å². The molecule has 0 bridgehead atoms. The Balaban J connectivity index is 1.97. The Bertz CT molecular complexity index is 803. The standard InChI is InChI=1S/C21H28N4O2S/c1-6-21(7-2,8-3)22-18(26)15-28-20-24-23-19(27-20)16-11-13-17(14-12-16)25(9-4)10-5/h1,11-14H,7-10,15H2,2-5H3,(H,22,26). The number of terminal acetylenes is 1. The van der Waals surface area contributed by atoms with Gasteiger partial charge < -0.3 is 14.6 Å². The van der Waals surface area contributed by atoms with Crippen LogP contribution in [0, 0.1) is 12.3 Å². The molecule has 0 saturated heterocycles. The van der Waals surface area contributed by atoms with Crippen LogP contribution in [0.25, 0.3) is 11.5 Å². The van der Waals surface area contributed by atoms with Crippen LogP contribution in [0.15, 0.2) is 33.9 Å². The van der Waals surface area contributed by atoms with Crippen molar-refractivity contribution >= 4 is 23.4 Å². The first-order chi connectivity index (χ1) is 13.5. The first-order valence-corrected chi connectivity index (χ1v) is 10.6. The minimum Gasteiger partial charge on any atom is -0.411 e. The lowest BCUT2D eigenvalue weighted by Crippen LogP contribution is -2.47. The van der Waals surface area contributed by atoms with Crippen molar-refractivity contribution in [1.82, 2.24) is 15.5 Å². The van der Waals surface area contributed by atoms with Gasteiger partial charge in [-0.2, -0.15) is 0 Å². The third-order valence-corrected chi connectivity index (χ3v) is 5.66. The van der Waals surface area contributed by atoms with Crippen LogP contribution < -0.4 is 10.2 Å². The molecule has 150 valence electrons. The van der Waals surface area contributed by atoms with Crippen LogP contribution >= 0.6 is 11.8 Å². The smallest absolute Gasteiger partial charge is 0.277 e. The van der Waals surface area contributed by atoms with Gasteiger partial charge in [0.2, 0.25) is 11.8 Å². The van der Waals surface area contributed by atoms with E-state index in [9.17, 15) is 4.79 Å². The van der Waals surface area contributed by atoms with Crippen molar-refractivity contribution in [3.8, 4) is 23.8 Å². The summed E-state index contributed by atoms with van der Waals surface area (Å²) in [6, 6.07) is 8.02. The Morgan fingerprint density at radius 1 is 1.18 bits per heavy atom. The van der Waals surface area contributed by atoms with Crippen molar-refractivity contribution in [2.75, 3.05) is 23.7 Å². The average molecular weight is 401 g/mol. The Hall–Kier alpha value is -2.46. The van der Waals surface area contributed by atoms with E-state index in [1.807, 2.05) is 38.1 Å². The molecule has 6 nitrogen and oxygen atoms in total. The van der Waals surface area contributed by atoms with Gasteiger partial charge in [-0.05, 0) is 51.0 Å². The molecule has 28 heavy (non-hydrogen) atoms. The summed E-state index contributed by atoms with van der Waals surface area (Å²) in [4.78, 5) is 14.5. The number of anilines is 1. The normalized spacial score (nSPS) is 11.1. The number of rotatable bonds is 10. The Labute approximate surface area is 171 Å². The minimum atomic E-state index is -0.593. The van der Waals surface area contributed by atoms with Crippen molar-refractivity contribution in [2.24, 2.45) is 0 Å². The number of amides is 1. The Morgan fingerprint density at radius 2 is 1.82 bits per heavy atom. The number of carbonyl (C=O) groups excluding carboxylic acids is 1. The molecule has 0 fully saturated rings. The number of aromatic nitrogens is 2. The largest absolute Gasteiger partial charge is 0.411 e. The molecule has 2 aromatic rings. The molecule has 0 radical (unpaired) electrons. The topological polar surface area (TPSA) is 71.3 Å². The second kappa shape index (κ2) is 10.2. The lowest BCUT2D eigenvalue weighted by molar-refractivity contribution is -0.119. The zero-order chi connectivity index (χ0) is 20.6. The lowest BCUT2D eigenvalue weighted by atomic mass is 9.94. The van der Waals surface area contributed by atoms with Gasteiger partial charge in [0.25, 0.3) is 5.22 Å². The summed E-state index contributed by atoms with van der Waals surface area (Å²) in [5.41, 5.74) is 1.41. The monoisotopic (exact) mass is 400 g/mol. The maximum atomic E-state index is 12.2. The van der Waals surface area contributed by atoms with Gasteiger partial charge in [0.1, 0.15) is 5.54 Å². The second-order valence-electron chi connectivity index (χ2n) is 6.36. The molecule has 0 spiro atoms. The van der Waals surface area contributed by atoms with Gasteiger partial charge in [-0.1, -0.05) is 31.5 Å². The fourth-order valence-electron chi connectivity index (χ4n) is 2.89. The van der Waals surface area contributed by atoms with E-state index in [2.05, 4.69) is 40.2 Å². The number of thioether (sulfide) groups is 1. The predicted octanol–water partition coefficient (Wildman–Crippen LogP) is 3.98. The van der Waals surface area contributed by atoms with Crippen LogP contribution in [0.3, 0.4) is 0 Å². The molecular weight excluding hydrogens is 372 g/mol. The first kappa shape index (κ1) is 21.8. The first-order valence-electron chi connectivity index (χ1n) is 9.61. The Morgan fingerprint density at radius 3 is 2.36 bits per heavy atom. The summed E-state index contributed by atoms with van der Waals surface area (Å²) in [7, 11) is 0. The predicted molar refractivity (Wildman–Crippen MR) is 114 cm³/mol. The molecule has 0 aliphatic heterocycles. The molecule has 1 aromatic heterocycles. The van der Waals surface area contributed by atoms with E-state index in [1.54, 1.807) is 0 Å². The van der Waals surface area contributed by atoms with E-state index < -0.39 is 5.54 Å². The van der Waals surface area contributed by atoms with Gasteiger partial charge >= 0.3 is 0 Å². The molecule has 1 aromatic carbocycles. The Kier molecular flexibility index (Phi) is 7.94. The summed E-state index contributed by atoms with van der Waals surface area (Å²) in [5, 5.41) is 11.4. The van der Waals surface area contributed by atoms with E-state index in [0.717, 1.165) is 24.3 Å². The van der Waals surface area contributed by atoms with Gasteiger partial charge in [0, 0.05) is 24.3 Å². The summed E-state index contributed by atoms with van der Waals surface area (Å²) in [6.45, 7) is 10.1. The third kappa shape index (κ3) is 5.29. The molecule has 1 heterocycles. The van der Waals surface area contributed by atoms with Gasteiger partial charge in [-0.15, -0.1) is 16.6 Å². The van der Waals surface area contributed by atoms with Crippen LogP contribution in [0.1, 0.15) is 40.5 Å². The highest BCUT2D eigenvalue weighted by Gasteiger charge is 2.25. The summed E-state index contributed by atoms with van der Waals surface area (Å²) >= 11 is 1.20. The third-order valence-electron chi connectivity index (χ3n) is 4.84. The highest BCUT2D eigenvalue weighted by Crippen LogP contribution is 2.25. The highest BCUT2D eigenvalue weighted by molar-refractivity contribution is 7.99. The molecule has 0 aliphatic rings. The lowest BCUT2D eigenvalue weighted by Gasteiger charge is -2.26. The zero-order valence-electron chi connectivity index (χ0n) is 17.0. The van der Waals surface area contributed by atoms with Gasteiger partial charge in [0.15, 0.2) is 0 Å². The molecule has 0 aliphatic carbocycles. The van der Waals surface area contributed by atoms with Crippen LogP contribution in [-0.4, -0.2) is 40.5 Å². The van der Waals surface area contributed by atoms with E-state index in [0.29, 0.717) is 24.0 Å². The average Bonchev–Trinajstić information content (AvgIpc) is 3.21. The van der Waals surface area contributed by atoms with Crippen molar-refractivity contribution in [3.05, 3.63) is 24.3 Å². The summed E-state index contributed by atoms with van der Waals surface area (Å²) < 4.78 is 5.69. The second-order valence-corrected chi connectivity index (χ2v) is 7.29. The summed E-state index contributed by atoms with van der Waals surface area (Å²) in [5.74, 6) is 3.16. The fourth-order valence-corrected chi connectivity index (χ4v) is 3.45. The maximum Gasteiger partial charge on any atom is 0.277 e. The number of hydrogen-bond donors (Lipinski definition) is 1. The molecule has 0 atom stereocenters. The van der Waals surface area contributed by atoms with Crippen molar-refractivity contribution < 1.29 is 9.21 Å². The molecular formula is C21H28N4O2S. The van der Waals surface area contributed by atoms with Crippen LogP contribution in [0.4, 0.5) is 5.69 Å². The molecule has 0 saturated carbocycles. The number of carbonyl (C=O) groups is 1. The van der Waals surface area contributed by atoms with Crippen molar-refractivity contribution in [2.45, 2.75) is 51.3 Å². The van der Waals surface area contributed by atoms with Gasteiger partial charge in [-0.25, -0.2) is 0 Å². The highest BCUT2D eigenvalue weighted by atomic mass is 32.2. The van der Waals surface area contributed by atoms with E-state index >= 15 is 0 Å². The fraction of sp³-hybridized carbons (Fsp3) is 0.476. The zero-order valence-corrected chi connectivity index (χ0v) is 17.8. The summed E-state index contributed by atoms with van der Waals surface area (Å²) in [6.07, 6.45) is 6.95. The molecule has 7 heteroatoms. The molecule has 2 rings (SSSR count). The van der Waals surface area contributed by atoms with Crippen molar-refractivity contribution in [3.63, 3.8) is 0 Å². The van der Waals surface area contributed by atoms with E-state index in [4.69, 9.17) is 10.8 Å². The van der Waals surface area contributed by atoms with Crippen molar-refractivity contribution in [1.29, 1.82) is 0 Å². The molecule has 1 N–H and O–H groups in total. The molecule has 1 amide bonds.